The molecule has 2 aliphatic heterocycles. The van der Waals surface area contributed by atoms with Gasteiger partial charge in [0.2, 0.25) is 5.91 Å². The molecule has 2 aromatic carbocycles. The van der Waals surface area contributed by atoms with Crippen LogP contribution in [0.25, 0.3) is 0 Å². The quantitative estimate of drug-likeness (QED) is 0.278. The third-order valence-corrected chi connectivity index (χ3v) is 7.20. The van der Waals surface area contributed by atoms with E-state index in [9.17, 15) is 19.2 Å². The van der Waals surface area contributed by atoms with Crippen LogP contribution in [0.5, 0.6) is 0 Å². The summed E-state index contributed by atoms with van der Waals surface area (Å²) in [6, 6.07) is 16.9. The smallest absolute Gasteiger partial charge is 0.408 e. The van der Waals surface area contributed by atoms with Crippen molar-refractivity contribution >= 4 is 23.8 Å². The van der Waals surface area contributed by atoms with Crippen molar-refractivity contribution in [1.82, 2.24) is 21.5 Å². The van der Waals surface area contributed by atoms with Gasteiger partial charge in [-0.05, 0) is 40.2 Å². The third kappa shape index (κ3) is 10.5. The van der Waals surface area contributed by atoms with E-state index in [1.165, 1.54) is 20.8 Å². The van der Waals surface area contributed by atoms with Gasteiger partial charge in [0, 0.05) is 12.5 Å². The molecule has 14 nitrogen and oxygen atoms in total. The normalized spacial score (nSPS) is 25.3. The van der Waals surface area contributed by atoms with Crippen molar-refractivity contribution in [2.45, 2.75) is 103 Å². The van der Waals surface area contributed by atoms with E-state index in [4.69, 9.17) is 28.4 Å². The maximum absolute atomic E-state index is 13.1. The Hall–Kier alpha value is -4.08. The number of rotatable bonds is 10. The van der Waals surface area contributed by atoms with E-state index in [0.717, 1.165) is 11.1 Å². The molecule has 4 rings (SSSR count). The Kier molecular flexibility index (Phi) is 12.3. The van der Waals surface area contributed by atoms with Crippen LogP contribution in [0.4, 0.5) is 4.79 Å². The topological polar surface area (TPSA) is 172 Å². The molecule has 47 heavy (non-hydrogen) atoms. The SMILES string of the molecule is CC(=O)N[C@H]1[C@@H](OCc2ccccc2)O[C@H]2CO[C@H](c3ccccc3)O[C@H]2[C@H]1O[C@H](C)C(=O)NNC(=O)[C@H](C)NC(=O)OC(C)(C)C. The average molecular weight is 657 g/mol. The first-order valence-electron chi connectivity index (χ1n) is 15.5. The van der Waals surface area contributed by atoms with Crippen LogP contribution >= 0.6 is 0 Å². The van der Waals surface area contributed by atoms with Gasteiger partial charge in [0.25, 0.3) is 11.8 Å². The number of hydrazine groups is 1. The zero-order valence-corrected chi connectivity index (χ0v) is 27.4. The highest BCUT2D eigenvalue weighted by Crippen LogP contribution is 2.36. The van der Waals surface area contributed by atoms with E-state index in [-0.39, 0.29) is 19.1 Å². The van der Waals surface area contributed by atoms with Gasteiger partial charge in [0.15, 0.2) is 12.6 Å². The lowest BCUT2D eigenvalue weighted by Gasteiger charge is -2.49. The molecule has 0 bridgehead atoms. The standard InChI is InChI=1S/C33H44N4O10/c1-19(34-32(41)47-33(4,5)6)28(39)36-37-29(40)20(2)44-27-25(35-21(3)38)31(42-17-22-13-9-7-10-14-22)45-24-18-43-30(46-26(24)27)23-15-11-8-12-16-23/h7-16,19-20,24-27,30-31H,17-18H2,1-6H3,(H,34,41)(H,35,38)(H,36,39)(H,37,40)/t19-,20+,24-,25+,26+,27-,30-,31-/m0/s1. The van der Waals surface area contributed by atoms with Crippen LogP contribution in [0.3, 0.4) is 0 Å². The minimum absolute atomic E-state index is 0.126. The summed E-state index contributed by atoms with van der Waals surface area (Å²) >= 11 is 0. The number of carbonyl (C=O) groups is 4. The molecule has 0 unspecified atom stereocenters. The molecule has 2 aromatic rings. The Bertz CT molecular complexity index is 1360. The van der Waals surface area contributed by atoms with Gasteiger partial charge in [0.1, 0.15) is 42.1 Å². The Balaban J connectivity index is 1.48. The lowest BCUT2D eigenvalue weighted by molar-refractivity contribution is -0.351. The number of carbonyl (C=O) groups excluding carboxylic acids is 4. The molecule has 14 heteroatoms. The summed E-state index contributed by atoms with van der Waals surface area (Å²) in [5.74, 6) is -1.76. The van der Waals surface area contributed by atoms with E-state index >= 15 is 0 Å². The first-order chi connectivity index (χ1) is 22.3. The Morgan fingerprint density at radius 1 is 0.915 bits per heavy atom. The van der Waals surface area contributed by atoms with Gasteiger partial charge >= 0.3 is 6.09 Å². The largest absolute Gasteiger partial charge is 0.444 e. The number of ether oxygens (including phenoxy) is 6. The van der Waals surface area contributed by atoms with Gasteiger partial charge in [-0.15, -0.1) is 0 Å². The zero-order chi connectivity index (χ0) is 34.1. The number of benzene rings is 2. The molecule has 0 aromatic heterocycles. The minimum atomic E-state index is -1.15. The molecular weight excluding hydrogens is 612 g/mol. The summed E-state index contributed by atoms with van der Waals surface area (Å²) in [6.45, 7) is 9.68. The van der Waals surface area contributed by atoms with E-state index in [0.29, 0.717) is 0 Å². The number of hydrogen-bond donors (Lipinski definition) is 4. The lowest BCUT2D eigenvalue weighted by Crippen LogP contribution is -2.68. The highest BCUT2D eigenvalue weighted by Gasteiger charge is 2.52. The second kappa shape index (κ2) is 16.2. The molecule has 8 atom stereocenters. The fourth-order valence-electron chi connectivity index (χ4n) is 4.98. The predicted molar refractivity (Wildman–Crippen MR) is 167 cm³/mol. The first kappa shape index (κ1) is 35.8. The lowest BCUT2D eigenvalue weighted by atomic mass is 9.95. The van der Waals surface area contributed by atoms with Crippen molar-refractivity contribution in [2.24, 2.45) is 0 Å². The summed E-state index contributed by atoms with van der Waals surface area (Å²) in [4.78, 5) is 50.2. The Labute approximate surface area is 274 Å². The Morgan fingerprint density at radius 3 is 2.19 bits per heavy atom. The fraction of sp³-hybridized carbons (Fsp3) is 0.515. The predicted octanol–water partition coefficient (Wildman–Crippen LogP) is 2.38. The first-order valence-corrected chi connectivity index (χ1v) is 15.5. The molecule has 2 aliphatic rings. The zero-order valence-electron chi connectivity index (χ0n) is 27.4. The van der Waals surface area contributed by atoms with Crippen molar-refractivity contribution in [3.8, 4) is 0 Å². The molecule has 4 amide bonds. The molecule has 2 fully saturated rings. The van der Waals surface area contributed by atoms with Gasteiger partial charge in [0.05, 0.1) is 13.2 Å². The molecule has 256 valence electrons. The van der Waals surface area contributed by atoms with E-state index in [1.54, 1.807) is 20.8 Å². The van der Waals surface area contributed by atoms with Gasteiger partial charge < -0.3 is 39.1 Å². The summed E-state index contributed by atoms with van der Waals surface area (Å²) in [5, 5.41) is 5.27. The molecule has 0 spiro atoms. The molecule has 2 saturated heterocycles. The number of amides is 4. The van der Waals surface area contributed by atoms with Crippen LogP contribution in [0.1, 0.15) is 59.0 Å². The van der Waals surface area contributed by atoms with Crippen LogP contribution < -0.4 is 21.5 Å². The van der Waals surface area contributed by atoms with Crippen molar-refractivity contribution in [2.75, 3.05) is 6.61 Å². The maximum atomic E-state index is 13.1. The third-order valence-electron chi connectivity index (χ3n) is 7.20. The number of hydrogen-bond acceptors (Lipinski definition) is 10. The molecule has 0 aliphatic carbocycles. The summed E-state index contributed by atoms with van der Waals surface area (Å²) in [5.41, 5.74) is 5.51. The molecule has 0 radical (unpaired) electrons. The summed E-state index contributed by atoms with van der Waals surface area (Å²) in [7, 11) is 0. The van der Waals surface area contributed by atoms with Crippen LogP contribution in [-0.2, 0) is 49.4 Å². The van der Waals surface area contributed by atoms with Crippen LogP contribution in [-0.4, -0.2) is 78.8 Å². The molecule has 2 heterocycles. The highest BCUT2D eigenvalue weighted by atomic mass is 16.8. The van der Waals surface area contributed by atoms with Gasteiger partial charge in [-0.3, -0.25) is 25.2 Å². The van der Waals surface area contributed by atoms with Crippen molar-refractivity contribution in [3.05, 3.63) is 71.8 Å². The van der Waals surface area contributed by atoms with E-state index in [1.807, 2.05) is 60.7 Å². The van der Waals surface area contributed by atoms with Crippen LogP contribution in [0, 0.1) is 0 Å². The van der Waals surface area contributed by atoms with Gasteiger partial charge in [-0.1, -0.05) is 60.7 Å². The Morgan fingerprint density at radius 2 is 1.55 bits per heavy atom. The van der Waals surface area contributed by atoms with Crippen molar-refractivity contribution in [1.29, 1.82) is 0 Å². The summed E-state index contributed by atoms with van der Waals surface area (Å²) < 4.78 is 36.3. The van der Waals surface area contributed by atoms with E-state index < -0.39 is 72.6 Å². The van der Waals surface area contributed by atoms with Crippen LogP contribution in [0.15, 0.2) is 60.7 Å². The van der Waals surface area contributed by atoms with Crippen molar-refractivity contribution in [3.63, 3.8) is 0 Å². The van der Waals surface area contributed by atoms with E-state index in [2.05, 4.69) is 21.5 Å². The van der Waals surface area contributed by atoms with Gasteiger partial charge in [-0.2, -0.15) is 0 Å². The summed E-state index contributed by atoms with van der Waals surface area (Å²) in [6.07, 6.45) is -6.07. The van der Waals surface area contributed by atoms with Crippen molar-refractivity contribution < 1.29 is 47.6 Å². The number of alkyl carbamates (subject to hydrolysis) is 1. The minimum Gasteiger partial charge on any atom is -0.444 e. The number of nitrogens with one attached hydrogen (secondary N) is 4. The fourth-order valence-corrected chi connectivity index (χ4v) is 4.98. The number of fused-ring (bicyclic) bond motifs is 1. The molecule has 4 N–H and O–H groups in total. The van der Waals surface area contributed by atoms with Gasteiger partial charge in [-0.25, -0.2) is 4.79 Å². The monoisotopic (exact) mass is 656 g/mol. The molecular formula is C33H44N4O10. The molecule has 0 saturated carbocycles. The van der Waals surface area contributed by atoms with Crippen LogP contribution in [0.2, 0.25) is 0 Å². The second-order valence-electron chi connectivity index (χ2n) is 12.3. The second-order valence-corrected chi connectivity index (χ2v) is 12.3. The average Bonchev–Trinajstić information content (AvgIpc) is 3.03. The highest BCUT2D eigenvalue weighted by molar-refractivity contribution is 5.88. The maximum Gasteiger partial charge on any atom is 0.408 e.